The van der Waals surface area contributed by atoms with Crippen molar-refractivity contribution in [2.75, 3.05) is 11.9 Å². The largest absolute Gasteiger partial charge is 0.484 e. The molecular weight excluding hydrogens is 537 g/mol. The number of ether oxygens (including phenoxy) is 2. The van der Waals surface area contributed by atoms with Gasteiger partial charge in [-0.2, -0.15) is 0 Å². The lowest BCUT2D eigenvalue weighted by Gasteiger charge is -2.42. The molecule has 0 saturated heterocycles. The van der Waals surface area contributed by atoms with E-state index in [1.54, 1.807) is 30.3 Å². The van der Waals surface area contributed by atoms with E-state index in [2.05, 4.69) is 33.0 Å². The predicted octanol–water partition coefficient (Wildman–Crippen LogP) is 7.41. The summed E-state index contributed by atoms with van der Waals surface area (Å²) in [4.78, 5) is 39.5. The number of amides is 1. The molecule has 3 aliphatic rings. The maximum Gasteiger partial charge on any atom is 0.262 e. The molecule has 0 radical (unpaired) electrons. The van der Waals surface area contributed by atoms with Crippen LogP contribution in [-0.4, -0.2) is 24.1 Å². The van der Waals surface area contributed by atoms with Gasteiger partial charge in [-0.3, -0.25) is 14.4 Å². The van der Waals surface area contributed by atoms with Crippen LogP contribution in [0.4, 0.5) is 5.69 Å². The first-order chi connectivity index (χ1) is 18.3. The number of rotatable bonds is 5. The summed E-state index contributed by atoms with van der Waals surface area (Å²) in [5.74, 6) is 0.902. The number of ketones is 2. The Balaban J connectivity index is 1.43. The van der Waals surface area contributed by atoms with Crippen LogP contribution in [0.5, 0.6) is 5.75 Å². The topological polar surface area (TPSA) is 81.7 Å². The first-order valence-corrected chi connectivity index (χ1v) is 13.8. The second-order valence-electron chi connectivity index (χ2n) is 12.1. The maximum absolute atomic E-state index is 13.5. The van der Waals surface area contributed by atoms with E-state index in [-0.39, 0.29) is 34.9 Å². The molecular formula is C31H31Cl2NO5. The molecule has 6 nitrogen and oxygen atoms in total. The molecule has 1 heterocycles. The summed E-state index contributed by atoms with van der Waals surface area (Å²) in [5.41, 5.74) is 1.96. The smallest absolute Gasteiger partial charge is 0.262 e. The molecule has 0 spiro atoms. The molecule has 5 rings (SSSR count). The molecule has 2 aromatic carbocycles. The van der Waals surface area contributed by atoms with Gasteiger partial charge < -0.3 is 14.8 Å². The Kier molecular flexibility index (Phi) is 7.15. The fourth-order valence-electron chi connectivity index (χ4n) is 5.71. The second kappa shape index (κ2) is 10.1. The third-order valence-corrected chi connectivity index (χ3v) is 8.09. The molecule has 8 heteroatoms. The Hall–Kier alpha value is -3.09. The van der Waals surface area contributed by atoms with Crippen molar-refractivity contribution in [1.82, 2.24) is 0 Å². The monoisotopic (exact) mass is 567 g/mol. The molecule has 39 heavy (non-hydrogen) atoms. The van der Waals surface area contributed by atoms with E-state index >= 15 is 0 Å². The number of Topliss-reactive ketones (excluding diaryl/α,β-unsaturated/α-hetero) is 2. The molecule has 2 aromatic rings. The van der Waals surface area contributed by atoms with Gasteiger partial charge in [0.15, 0.2) is 18.2 Å². The van der Waals surface area contributed by atoms with Crippen LogP contribution < -0.4 is 10.1 Å². The maximum atomic E-state index is 13.5. The summed E-state index contributed by atoms with van der Waals surface area (Å²) < 4.78 is 12.2. The molecule has 2 aliphatic carbocycles. The van der Waals surface area contributed by atoms with Crippen molar-refractivity contribution in [2.45, 2.75) is 59.3 Å². The number of allylic oxidation sites excluding steroid dienone is 4. The van der Waals surface area contributed by atoms with Crippen molar-refractivity contribution in [3.8, 4) is 5.75 Å². The molecule has 0 bridgehead atoms. The van der Waals surface area contributed by atoms with Gasteiger partial charge >= 0.3 is 0 Å². The molecule has 0 aromatic heterocycles. The van der Waals surface area contributed by atoms with Gasteiger partial charge in [-0.25, -0.2) is 0 Å². The average Bonchev–Trinajstić information content (AvgIpc) is 2.82. The standard InChI is InChI=1S/C31H31Cl2NO5/c1-30(2)12-22(35)28-24(14-30)39-25-15-31(3,4)13-23(36)29(25)27(28)17-6-5-7-19(10-17)38-16-26(37)34-18-8-9-20(32)21(33)11-18/h5-11,27H,12-16H2,1-4H3,(H,34,37). The first-order valence-electron chi connectivity index (χ1n) is 13.0. The minimum atomic E-state index is -0.524. The quantitative estimate of drug-likeness (QED) is 0.406. The van der Waals surface area contributed by atoms with E-state index in [1.807, 2.05) is 12.1 Å². The van der Waals surface area contributed by atoms with E-state index in [1.165, 1.54) is 0 Å². The van der Waals surface area contributed by atoms with Gasteiger partial charge in [-0.15, -0.1) is 0 Å². The number of hydrogen-bond acceptors (Lipinski definition) is 5. The highest BCUT2D eigenvalue weighted by atomic mass is 35.5. The zero-order chi connectivity index (χ0) is 28.1. The molecule has 204 valence electrons. The summed E-state index contributed by atoms with van der Waals surface area (Å²) in [6.07, 6.45) is 2.03. The van der Waals surface area contributed by atoms with Crippen LogP contribution in [0.1, 0.15) is 64.9 Å². The van der Waals surface area contributed by atoms with E-state index in [9.17, 15) is 14.4 Å². The Morgan fingerprint density at radius 1 is 0.897 bits per heavy atom. The number of benzene rings is 2. The second-order valence-corrected chi connectivity index (χ2v) is 12.9. The van der Waals surface area contributed by atoms with Crippen LogP contribution in [0.15, 0.2) is 65.1 Å². The minimum Gasteiger partial charge on any atom is -0.484 e. The number of hydrogen-bond donors (Lipinski definition) is 1. The third kappa shape index (κ3) is 5.78. The third-order valence-electron chi connectivity index (χ3n) is 7.35. The van der Waals surface area contributed by atoms with Crippen LogP contribution in [0, 0.1) is 10.8 Å². The fraction of sp³-hybridized carbons (Fsp3) is 0.387. The van der Waals surface area contributed by atoms with E-state index < -0.39 is 5.92 Å². The van der Waals surface area contributed by atoms with Crippen LogP contribution in [0.3, 0.4) is 0 Å². The van der Waals surface area contributed by atoms with Crippen LogP contribution >= 0.6 is 23.2 Å². The van der Waals surface area contributed by atoms with Crippen LogP contribution in [-0.2, 0) is 19.1 Å². The molecule has 0 atom stereocenters. The van der Waals surface area contributed by atoms with E-state index in [0.717, 1.165) is 5.56 Å². The number of nitrogens with one attached hydrogen (secondary N) is 1. The number of carbonyl (C=O) groups is 3. The van der Waals surface area contributed by atoms with Crippen molar-refractivity contribution in [3.05, 3.63) is 80.7 Å². The van der Waals surface area contributed by atoms with Gasteiger partial charge in [0.05, 0.1) is 10.0 Å². The summed E-state index contributed by atoms with van der Waals surface area (Å²) in [7, 11) is 0. The molecule has 1 aliphatic heterocycles. The summed E-state index contributed by atoms with van der Waals surface area (Å²) in [6, 6.07) is 12.1. The Morgan fingerprint density at radius 2 is 1.51 bits per heavy atom. The van der Waals surface area contributed by atoms with Crippen molar-refractivity contribution in [1.29, 1.82) is 0 Å². The first kappa shape index (κ1) is 27.5. The number of carbonyl (C=O) groups excluding carboxylic acids is 3. The highest BCUT2D eigenvalue weighted by Crippen LogP contribution is 2.53. The van der Waals surface area contributed by atoms with Gasteiger partial charge in [0.2, 0.25) is 0 Å². The van der Waals surface area contributed by atoms with Crippen molar-refractivity contribution < 1.29 is 23.9 Å². The summed E-state index contributed by atoms with van der Waals surface area (Å²) in [5, 5.41) is 3.46. The molecule has 0 fully saturated rings. The van der Waals surface area contributed by atoms with Gasteiger partial charge in [0.1, 0.15) is 17.3 Å². The molecule has 1 N–H and O–H groups in total. The molecule has 0 saturated carbocycles. The predicted molar refractivity (Wildman–Crippen MR) is 151 cm³/mol. The average molecular weight is 568 g/mol. The number of anilines is 1. The zero-order valence-electron chi connectivity index (χ0n) is 22.5. The zero-order valence-corrected chi connectivity index (χ0v) is 24.0. The lowest BCUT2D eigenvalue weighted by Crippen LogP contribution is -2.37. The Morgan fingerprint density at radius 3 is 2.10 bits per heavy atom. The van der Waals surface area contributed by atoms with Gasteiger partial charge in [0, 0.05) is 48.4 Å². The minimum absolute atomic E-state index is 0.00255. The molecule has 0 unspecified atom stereocenters. The van der Waals surface area contributed by atoms with Crippen LogP contribution in [0.2, 0.25) is 10.0 Å². The lowest BCUT2D eigenvalue weighted by molar-refractivity contribution is -0.120. The normalized spacial score (nSPS) is 20.3. The Labute approximate surface area is 238 Å². The summed E-state index contributed by atoms with van der Waals surface area (Å²) >= 11 is 12.0. The SMILES string of the molecule is CC1(C)CC(=O)C2=C(C1)OC1=C(C(=O)CC(C)(C)C1)C2c1cccc(OCC(=O)Nc2ccc(Cl)c(Cl)c2)c1. The highest BCUT2D eigenvalue weighted by molar-refractivity contribution is 6.42. The molecule has 1 amide bonds. The van der Waals surface area contributed by atoms with E-state index in [4.69, 9.17) is 32.7 Å². The van der Waals surface area contributed by atoms with E-state index in [0.29, 0.717) is 69.8 Å². The Bertz CT molecular complexity index is 1400. The lowest BCUT2D eigenvalue weighted by atomic mass is 9.65. The van der Waals surface area contributed by atoms with Gasteiger partial charge in [0.25, 0.3) is 5.91 Å². The van der Waals surface area contributed by atoms with Gasteiger partial charge in [-0.05, 0) is 46.7 Å². The van der Waals surface area contributed by atoms with Crippen molar-refractivity contribution in [3.63, 3.8) is 0 Å². The van der Waals surface area contributed by atoms with Gasteiger partial charge in [-0.1, -0.05) is 63.0 Å². The fourth-order valence-corrected chi connectivity index (χ4v) is 6.01. The van der Waals surface area contributed by atoms with Crippen molar-refractivity contribution in [2.24, 2.45) is 10.8 Å². The van der Waals surface area contributed by atoms with Crippen molar-refractivity contribution >= 4 is 46.4 Å². The number of halogens is 2. The van der Waals surface area contributed by atoms with Crippen LogP contribution in [0.25, 0.3) is 0 Å². The summed E-state index contributed by atoms with van der Waals surface area (Å²) in [6.45, 7) is 8.00. The highest BCUT2D eigenvalue weighted by Gasteiger charge is 2.47.